The Balaban J connectivity index is 1.81. The van der Waals surface area contributed by atoms with E-state index in [-0.39, 0.29) is 11.5 Å². The highest BCUT2D eigenvalue weighted by Crippen LogP contribution is 2.38. The molecule has 6 heteroatoms. The van der Waals surface area contributed by atoms with Crippen molar-refractivity contribution in [3.05, 3.63) is 23.8 Å². The van der Waals surface area contributed by atoms with E-state index in [0.29, 0.717) is 18.0 Å². The maximum Gasteiger partial charge on any atom is 0.243 e. The number of ether oxygens (including phenoxy) is 1. The maximum atomic E-state index is 12.9. The minimum atomic E-state index is -3.42. The molecule has 3 rings (SSSR count). The number of hydrogen-bond donors (Lipinski definition) is 1. The third-order valence-electron chi connectivity index (χ3n) is 4.88. The van der Waals surface area contributed by atoms with Crippen LogP contribution in [0.3, 0.4) is 0 Å². The smallest absolute Gasteiger partial charge is 0.243 e. The number of nitrogens with zero attached hydrogens (tertiary/aromatic N) is 1. The van der Waals surface area contributed by atoms with Gasteiger partial charge in [0.1, 0.15) is 5.75 Å². The van der Waals surface area contributed by atoms with Crippen molar-refractivity contribution < 1.29 is 13.2 Å². The van der Waals surface area contributed by atoms with E-state index in [1.165, 1.54) is 0 Å². The first kappa shape index (κ1) is 16.7. The summed E-state index contributed by atoms with van der Waals surface area (Å²) in [4.78, 5) is 0.370. The Morgan fingerprint density at radius 1 is 1.30 bits per heavy atom. The van der Waals surface area contributed by atoms with Crippen LogP contribution in [0.15, 0.2) is 23.1 Å². The number of nitrogens with one attached hydrogen (secondary N) is 1. The Bertz CT molecular complexity index is 679. The first-order chi connectivity index (χ1) is 10.8. The predicted octanol–water partition coefficient (Wildman–Crippen LogP) is 2.16. The maximum absolute atomic E-state index is 12.9. The molecule has 0 bridgehead atoms. The summed E-state index contributed by atoms with van der Waals surface area (Å²) >= 11 is 0. The van der Waals surface area contributed by atoms with Gasteiger partial charge < -0.3 is 10.1 Å². The van der Waals surface area contributed by atoms with Crippen LogP contribution in [0, 0.1) is 12.3 Å². The number of aryl methyl sites for hydroxylation is 1. The van der Waals surface area contributed by atoms with Crippen LogP contribution in [0.5, 0.6) is 5.75 Å². The van der Waals surface area contributed by atoms with Gasteiger partial charge in [-0.3, -0.25) is 0 Å². The van der Waals surface area contributed by atoms with E-state index < -0.39 is 10.0 Å². The number of sulfonamides is 1. The normalized spacial score (nSPS) is 25.6. The highest BCUT2D eigenvalue weighted by Gasteiger charge is 2.44. The summed E-state index contributed by atoms with van der Waals surface area (Å²) in [5.74, 6) is 0.747. The van der Waals surface area contributed by atoms with Crippen LogP contribution in [-0.2, 0) is 10.0 Å². The second kappa shape index (κ2) is 6.07. The van der Waals surface area contributed by atoms with Gasteiger partial charge in [0.25, 0.3) is 0 Å². The zero-order valence-electron chi connectivity index (χ0n) is 14.1. The molecule has 5 nitrogen and oxygen atoms in total. The molecular formula is C17H26N2O3S. The molecule has 2 saturated heterocycles. The van der Waals surface area contributed by atoms with Gasteiger partial charge in [0.15, 0.2) is 0 Å². The van der Waals surface area contributed by atoms with E-state index in [1.807, 2.05) is 20.8 Å². The second-order valence-electron chi connectivity index (χ2n) is 7.11. The molecule has 2 heterocycles. The van der Waals surface area contributed by atoms with Crippen LogP contribution >= 0.6 is 0 Å². The lowest BCUT2D eigenvalue weighted by molar-refractivity contribution is 0.240. The summed E-state index contributed by atoms with van der Waals surface area (Å²) < 4.78 is 33.2. The van der Waals surface area contributed by atoms with Gasteiger partial charge in [-0.05, 0) is 69.3 Å². The Morgan fingerprint density at radius 3 is 2.70 bits per heavy atom. The fourth-order valence-corrected chi connectivity index (χ4v) is 5.20. The van der Waals surface area contributed by atoms with Crippen LogP contribution in [0.1, 0.15) is 32.3 Å². The van der Waals surface area contributed by atoms with Crippen LogP contribution in [0.4, 0.5) is 0 Å². The van der Waals surface area contributed by atoms with E-state index in [2.05, 4.69) is 5.32 Å². The summed E-state index contributed by atoms with van der Waals surface area (Å²) in [6, 6.07) is 5.16. The highest BCUT2D eigenvalue weighted by molar-refractivity contribution is 7.89. The molecule has 1 unspecified atom stereocenters. The second-order valence-corrected chi connectivity index (χ2v) is 9.05. The van der Waals surface area contributed by atoms with Gasteiger partial charge in [-0.1, -0.05) is 0 Å². The Labute approximate surface area is 139 Å². The van der Waals surface area contributed by atoms with E-state index >= 15 is 0 Å². The third-order valence-corrected chi connectivity index (χ3v) is 6.72. The summed E-state index contributed by atoms with van der Waals surface area (Å²) in [6.07, 6.45) is 2.09. The van der Waals surface area contributed by atoms with E-state index in [9.17, 15) is 8.42 Å². The average Bonchev–Trinajstić information content (AvgIpc) is 3.12. The molecule has 2 aliphatic heterocycles. The first-order valence-electron chi connectivity index (χ1n) is 8.31. The Morgan fingerprint density at radius 2 is 2.09 bits per heavy atom. The standard InChI is InChI=1S/C17H26N2O3S/c1-13(2)22-16-5-4-15(10-14(16)3)23(20,21)19-9-7-17(12-19)6-8-18-11-17/h4-5,10,13,18H,6-9,11-12H2,1-3H3. The number of rotatable bonds is 4. The van der Waals surface area contributed by atoms with Crippen LogP contribution < -0.4 is 10.1 Å². The van der Waals surface area contributed by atoms with Gasteiger partial charge in [-0.25, -0.2) is 8.42 Å². The van der Waals surface area contributed by atoms with Crippen molar-refractivity contribution in [3.8, 4) is 5.75 Å². The van der Waals surface area contributed by atoms with Crippen molar-refractivity contribution in [2.24, 2.45) is 5.41 Å². The zero-order valence-corrected chi connectivity index (χ0v) is 14.9. The van der Waals surface area contributed by atoms with Gasteiger partial charge in [0, 0.05) is 19.6 Å². The van der Waals surface area contributed by atoms with Crippen LogP contribution in [0.2, 0.25) is 0 Å². The molecule has 1 aromatic carbocycles. The van der Waals surface area contributed by atoms with Crippen molar-refractivity contribution in [1.82, 2.24) is 9.62 Å². The molecule has 0 radical (unpaired) electrons. The van der Waals surface area contributed by atoms with E-state index in [1.54, 1.807) is 22.5 Å². The van der Waals surface area contributed by atoms with Gasteiger partial charge in [0.05, 0.1) is 11.0 Å². The fraction of sp³-hybridized carbons (Fsp3) is 0.647. The quantitative estimate of drug-likeness (QED) is 0.914. The molecule has 0 saturated carbocycles. The molecule has 2 fully saturated rings. The molecule has 1 aromatic rings. The zero-order chi connectivity index (χ0) is 16.7. The van der Waals surface area contributed by atoms with E-state index in [4.69, 9.17) is 4.74 Å². The molecule has 0 amide bonds. The highest BCUT2D eigenvalue weighted by atomic mass is 32.2. The number of hydrogen-bond acceptors (Lipinski definition) is 4. The SMILES string of the molecule is Cc1cc(S(=O)(=O)N2CCC3(CCNC3)C2)ccc1OC(C)C. The van der Waals surface area contributed by atoms with Gasteiger partial charge in [-0.15, -0.1) is 0 Å². The molecule has 1 N–H and O–H groups in total. The summed E-state index contributed by atoms with van der Waals surface area (Å²) in [5, 5.41) is 3.36. The largest absolute Gasteiger partial charge is 0.491 e. The van der Waals surface area contributed by atoms with Crippen molar-refractivity contribution in [2.45, 2.75) is 44.6 Å². The van der Waals surface area contributed by atoms with Gasteiger partial charge >= 0.3 is 0 Å². The monoisotopic (exact) mass is 338 g/mol. The molecule has 2 aliphatic rings. The molecule has 0 aliphatic carbocycles. The average molecular weight is 338 g/mol. The molecule has 23 heavy (non-hydrogen) atoms. The first-order valence-corrected chi connectivity index (χ1v) is 9.75. The topological polar surface area (TPSA) is 58.6 Å². The summed E-state index contributed by atoms with van der Waals surface area (Å²) in [7, 11) is -3.42. The Kier molecular flexibility index (Phi) is 4.42. The fourth-order valence-electron chi connectivity index (χ4n) is 3.56. The lowest BCUT2D eigenvalue weighted by Gasteiger charge is -2.23. The van der Waals surface area contributed by atoms with Crippen LogP contribution in [0.25, 0.3) is 0 Å². The molecule has 0 aromatic heterocycles. The summed E-state index contributed by atoms with van der Waals surface area (Å²) in [6.45, 7) is 8.99. The Hall–Kier alpha value is -1.11. The molecule has 128 valence electrons. The van der Waals surface area contributed by atoms with Crippen LogP contribution in [-0.4, -0.2) is 45.0 Å². The van der Waals surface area contributed by atoms with Crippen molar-refractivity contribution in [1.29, 1.82) is 0 Å². The molecule has 1 atom stereocenters. The predicted molar refractivity (Wildman–Crippen MR) is 90.2 cm³/mol. The molecular weight excluding hydrogens is 312 g/mol. The number of benzene rings is 1. The van der Waals surface area contributed by atoms with Gasteiger partial charge in [-0.2, -0.15) is 4.31 Å². The van der Waals surface area contributed by atoms with Gasteiger partial charge in [0.2, 0.25) is 10.0 Å². The van der Waals surface area contributed by atoms with Crippen molar-refractivity contribution >= 4 is 10.0 Å². The minimum absolute atomic E-state index is 0.0736. The van der Waals surface area contributed by atoms with E-state index in [0.717, 1.165) is 37.2 Å². The van der Waals surface area contributed by atoms with Crippen molar-refractivity contribution in [3.63, 3.8) is 0 Å². The van der Waals surface area contributed by atoms with Crippen molar-refractivity contribution in [2.75, 3.05) is 26.2 Å². The summed E-state index contributed by atoms with van der Waals surface area (Å²) in [5.41, 5.74) is 0.999. The minimum Gasteiger partial charge on any atom is -0.491 e. The lowest BCUT2D eigenvalue weighted by atomic mass is 9.87. The molecule has 1 spiro atoms. The lowest BCUT2D eigenvalue weighted by Crippen LogP contribution is -2.33. The third kappa shape index (κ3) is 3.25.